The van der Waals surface area contributed by atoms with Crippen LogP contribution in [0, 0.1) is 0 Å². The number of hydrogen-bond acceptors (Lipinski definition) is 9. The highest BCUT2D eigenvalue weighted by Gasteiger charge is 2.00. The molecule has 22 heavy (non-hydrogen) atoms. The van der Waals surface area contributed by atoms with Crippen LogP contribution >= 0.6 is 0 Å². The van der Waals surface area contributed by atoms with Crippen LogP contribution in [-0.4, -0.2) is 119 Å². The van der Waals surface area contributed by atoms with Gasteiger partial charge in [0, 0.05) is 19.6 Å². The van der Waals surface area contributed by atoms with Crippen molar-refractivity contribution in [3.8, 4) is 0 Å². The summed E-state index contributed by atoms with van der Waals surface area (Å²) in [6.07, 6.45) is -0.560. The Labute approximate surface area is 132 Å². The second-order valence-corrected chi connectivity index (χ2v) is 4.10. The Balaban J connectivity index is -0.000000263. The van der Waals surface area contributed by atoms with Crippen molar-refractivity contribution in [3.63, 3.8) is 0 Å². The zero-order valence-corrected chi connectivity index (χ0v) is 13.3. The fraction of sp³-hybridized carbons (Fsp3) is 1.00. The number of ether oxygens (including phenoxy) is 1. The normalized spacial score (nSPS) is 11.3. The monoisotopic (exact) mass is 331 g/mol. The maximum atomic E-state index is 8.48. The second kappa shape index (κ2) is 25.6. The first-order valence-electron chi connectivity index (χ1n) is 7.17. The van der Waals surface area contributed by atoms with Gasteiger partial charge in [0.05, 0.1) is 59.0 Å². The van der Waals surface area contributed by atoms with Crippen LogP contribution in [0.15, 0.2) is 0 Å². The molecule has 9 heteroatoms. The summed E-state index contributed by atoms with van der Waals surface area (Å²) in [5, 5.41) is 57.6. The summed E-state index contributed by atoms with van der Waals surface area (Å²) < 4.78 is 4.63. The standard InChI is InChI=1S/C6H15NO3.C4H10O3.C3H8O2/c8-4-1-7(2-5-9)3-6-10;5-1-3-7-4-2-6;1-3(5)2-4/h8-10H,1-6H2;5-6H,1-4H2;3-5H,2H2,1H3. The Bertz CT molecular complexity index is 156. The van der Waals surface area contributed by atoms with Gasteiger partial charge in [0.2, 0.25) is 0 Å². The van der Waals surface area contributed by atoms with Gasteiger partial charge in [-0.2, -0.15) is 0 Å². The lowest BCUT2D eigenvalue weighted by molar-refractivity contribution is 0.0650. The third-order valence-corrected chi connectivity index (χ3v) is 1.98. The molecule has 1 atom stereocenters. The van der Waals surface area contributed by atoms with E-state index in [1.165, 1.54) is 6.92 Å². The van der Waals surface area contributed by atoms with E-state index in [2.05, 4.69) is 4.74 Å². The fourth-order valence-corrected chi connectivity index (χ4v) is 0.991. The Hall–Kier alpha value is -0.360. The van der Waals surface area contributed by atoms with Crippen LogP contribution < -0.4 is 0 Å². The minimum Gasteiger partial charge on any atom is -0.395 e. The van der Waals surface area contributed by atoms with Gasteiger partial charge in [0.1, 0.15) is 0 Å². The molecule has 138 valence electrons. The highest BCUT2D eigenvalue weighted by molar-refractivity contribution is 4.54. The Kier molecular flexibility index (Phi) is 30.9. The highest BCUT2D eigenvalue weighted by Crippen LogP contribution is 1.84. The van der Waals surface area contributed by atoms with Crippen molar-refractivity contribution in [2.24, 2.45) is 0 Å². The summed E-state index contributed by atoms with van der Waals surface area (Å²) in [7, 11) is 0. The topological polar surface area (TPSA) is 154 Å². The summed E-state index contributed by atoms with van der Waals surface area (Å²) in [4.78, 5) is 1.79. The summed E-state index contributed by atoms with van der Waals surface area (Å²) in [5.41, 5.74) is 0. The van der Waals surface area contributed by atoms with Crippen LogP contribution in [-0.2, 0) is 4.74 Å². The molecule has 0 radical (unpaired) electrons. The van der Waals surface area contributed by atoms with Crippen LogP contribution in [0.4, 0.5) is 0 Å². The molecular formula is C13H33NO8. The molecule has 0 bridgehead atoms. The maximum Gasteiger partial charge on any atom is 0.0742 e. The van der Waals surface area contributed by atoms with E-state index in [1.807, 2.05) is 0 Å². The van der Waals surface area contributed by atoms with Crippen molar-refractivity contribution < 1.29 is 40.5 Å². The molecule has 0 aliphatic rings. The van der Waals surface area contributed by atoms with Gasteiger partial charge in [0.15, 0.2) is 0 Å². The number of rotatable bonds is 11. The van der Waals surface area contributed by atoms with Crippen molar-refractivity contribution in [1.29, 1.82) is 0 Å². The molecule has 0 aromatic heterocycles. The molecule has 0 amide bonds. The van der Waals surface area contributed by atoms with E-state index in [1.54, 1.807) is 4.90 Å². The van der Waals surface area contributed by atoms with E-state index in [-0.39, 0.29) is 39.6 Å². The van der Waals surface area contributed by atoms with Gasteiger partial charge in [-0.05, 0) is 6.92 Å². The van der Waals surface area contributed by atoms with Gasteiger partial charge in [-0.25, -0.2) is 0 Å². The summed E-state index contributed by atoms with van der Waals surface area (Å²) in [6, 6.07) is 0. The molecule has 0 heterocycles. The number of aliphatic hydroxyl groups excluding tert-OH is 7. The smallest absolute Gasteiger partial charge is 0.0742 e. The predicted octanol–water partition coefficient (Wildman–Crippen LogP) is -3.39. The van der Waals surface area contributed by atoms with Crippen molar-refractivity contribution in [1.82, 2.24) is 4.90 Å². The van der Waals surface area contributed by atoms with Crippen molar-refractivity contribution >= 4 is 0 Å². The Morgan fingerprint density at radius 2 is 1.05 bits per heavy atom. The lowest BCUT2D eigenvalue weighted by Crippen LogP contribution is -2.32. The second-order valence-electron chi connectivity index (χ2n) is 4.10. The van der Waals surface area contributed by atoms with Gasteiger partial charge in [-0.15, -0.1) is 0 Å². The zero-order chi connectivity index (χ0) is 17.6. The molecule has 0 rings (SSSR count). The fourth-order valence-electron chi connectivity index (χ4n) is 0.991. The minimum atomic E-state index is -0.560. The minimum absolute atomic E-state index is 0.0278. The average Bonchev–Trinajstić information content (AvgIpc) is 2.50. The van der Waals surface area contributed by atoms with Gasteiger partial charge < -0.3 is 40.5 Å². The molecule has 7 N–H and O–H groups in total. The van der Waals surface area contributed by atoms with Crippen LogP contribution in [0.25, 0.3) is 0 Å². The molecule has 9 nitrogen and oxygen atoms in total. The highest BCUT2D eigenvalue weighted by atomic mass is 16.5. The summed E-state index contributed by atoms with van der Waals surface area (Å²) in [6.45, 7) is 3.84. The van der Waals surface area contributed by atoms with E-state index in [9.17, 15) is 0 Å². The summed E-state index contributed by atoms with van der Waals surface area (Å²) >= 11 is 0. The van der Waals surface area contributed by atoms with E-state index in [4.69, 9.17) is 35.7 Å². The molecule has 1 unspecified atom stereocenters. The predicted molar refractivity (Wildman–Crippen MR) is 81.5 cm³/mol. The molecular weight excluding hydrogens is 298 g/mol. The Morgan fingerprint density at radius 1 is 0.727 bits per heavy atom. The third-order valence-electron chi connectivity index (χ3n) is 1.98. The molecule has 0 saturated carbocycles. The largest absolute Gasteiger partial charge is 0.395 e. The lowest BCUT2D eigenvalue weighted by Gasteiger charge is -2.17. The third kappa shape index (κ3) is 31.8. The van der Waals surface area contributed by atoms with Crippen LogP contribution in [0.5, 0.6) is 0 Å². The zero-order valence-electron chi connectivity index (χ0n) is 13.3. The molecule has 0 aliphatic heterocycles. The first kappa shape index (κ1) is 26.5. The molecule has 0 aromatic rings. The van der Waals surface area contributed by atoms with Gasteiger partial charge >= 0.3 is 0 Å². The number of hydrogen-bond donors (Lipinski definition) is 7. The van der Waals surface area contributed by atoms with E-state index in [0.717, 1.165) is 0 Å². The van der Waals surface area contributed by atoms with Crippen molar-refractivity contribution in [3.05, 3.63) is 0 Å². The number of nitrogens with zero attached hydrogens (tertiary/aromatic N) is 1. The Morgan fingerprint density at radius 3 is 1.23 bits per heavy atom. The van der Waals surface area contributed by atoms with Gasteiger partial charge in [-0.3, -0.25) is 4.90 Å². The first-order valence-corrected chi connectivity index (χ1v) is 7.17. The average molecular weight is 331 g/mol. The van der Waals surface area contributed by atoms with Crippen molar-refractivity contribution in [2.75, 3.05) is 72.5 Å². The van der Waals surface area contributed by atoms with Gasteiger partial charge in [-0.1, -0.05) is 0 Å². The van der Waals surface area contributed by atoms with Crippen LogP contribution in [0.2, 0.25) is 0 Å². The number of aliphatic hydroxyl groups is 7. The molecule has 0 aliphatic carbocycles. The lowest BCUT2D eigenvalue weighted by atomic mass is 10.4. The molecule has 0 saturated heterocycles. The van der Waals surface area contributed by atoms with Crippen molar-refractivity contribution in [2.45, 2.75) is 13.0 Å². The first-order chi connectivity index (χ1) is 10.5. The van der Waals surface area contributed by atoms with Crippen LogP contribution in [0.1, 0.15) is 6.92 Å². The SMILES string of the molecule is CC(O)CO.OCCN(CCO)CCO.OCCOCCO. The van der Waals surface area contributed by atoms with Crippen LogP contribution in [0.3, 0.4) is 0 Å². The van der Waals surface area contributed by atoms with E-state index in [0.29, 0.717) is 32.8 Å². The quantitative estimate of drug-likeness (QED) is 0.192. The molecule has 0 spiro atoms. The molecule has 0 aromatic carbocycles. The van der Waals surface area contributed by atoms with E-state index < -0.39 is 6.10 Å². The van der Waals surface area contributed by atoms with E-state index >= 15 is 0 Å². The maximum absolute atomic E-state index is 8.48. The van der Waals surface area contributed by atoms with Gasteiger partial charge in [0.25, 0.3) is 0 Å². The molecule has 0 fully saturated rings. The summed E-state index contributed by atoms with van der Waals surface area (Å²) in [5.74, 6) is 0.